The summed E-state index contributed by atoms with van der Waals surface area (Å²) in [6.45, 7) is 0. The number of hydrogen-bond acceptors (Lipinski definition) is 5. The molecule has 100 valence electrons. The fraction of sp³-hybridized carbons (Fsp3) is 0.167. The van der Waals surface area contributed by atoms with E-state index in [1.807, 2.05) is 6.07 Å². The van der Waals surface area contributed by atoms with Crippen LogP contribution in [0.2, 0.25) is 0 Å². The van der Waals surface area contributed by atoms with Gasteiger partial charge in [-0.1, -0.05) is 30.3 Å². The Kier molecular flexibility index (Phi) is 3.68. The Morgan fingerprint density at radius 3 is 2.47 bits per heavy atom. The second-order valence-corrected chi connectivity index (χ2v) is 7.25. The van der Waals surface area contributed by atoms with E-state index in [-0.39, 0.29) is 10.6 Å². The summed E-state index contributed by atoms with van der Waals surface area (Å²) in [5, 5.41) is 9.45. The monoisotopic (exact) mass is 297 g/mol. The van der Waals surface area contributed by atoms with Gasteiger partial charge in [0.1, 0.15) is 15.6 Å². The summed E-state index contributed by atoms with van der Waals surface area (Å²) in [7, 11) is -3.23. The highest BCUT2D eigenvalue weighted by atomic mass is 32.2. The van der Waals surface area contributed by atoms with Gasteiger partial charge >= 0.3 is 5.97 Å². The quantitative estimate of drug-likeness (QED) is 0.933. The highest BCUT2D eigenvalue weighted by Gasteiger charge is 2.20. The van der Waals surface area contributed by atoms with Crippen molar-refractivity contribution in [1.29, 1.82) is 0 Å². The first-order valence-corrected chi connectivity index (χ1v) is 8.20. The van der Waals surface area contributed by atoms with E-state index in [0.717, 1.165) is 17.6 Å². The Morgan fingerprint density at radius 1 is 1.32 bits per heavy atom. The SMILES string of the molecule is CS(=O)(=O)Cc1nc(-c2ccccc2)c(C(=O)O)s1. The van der Waals surface area contributed by atoms with Crippen LogP contribution in [0.1, 0.15) is 14.7 Å². The van der Waals surface area contributed by atoms with Crippen molar-refractivity contribution in [3.63, 3.8) is 0 Å². The number of rotatable bonds is 4. The summed E-state index contributed by atoms with van der Waals surface area (Å²) in [6, 6.07) is 8.85. The molecular weight excluding hydrogens is 286 g/mol. The number of nitrogens with zero attached hydrogens (tertiary/aromatic N) is 1. The number of carboxylic acids is 1. The van der Waals surface area contributed by atoms with Gasteiger partial charge in [0.05, 0.1) is 5.69 Å². The van der Waals surface area contributed by atoms with Gasteiger partial charge in [-0.2, -0.15) is 0 Å². The Labute approximate surface area is 114 Å². The molecule has 0 atom stereocenters. The first-order valence-electron chi connectivity index (χ1n) is 5.33. The Hall–Kier alpha value is -1.73. The summed E-state index contributed by atoms with van der Waals surface area (Å²) >= 11 is 0.899. The van der Waals surface area contributed by atoms with Crippen molar-refractivity contribution in [3.05, 3.63) is 40.2 Å². The van der Waals surface area contributed by atoms with Crippen molar-refractivity contribution in [2.45, 2.75) is 5.75 Å². The van der Waals surface area contributed by atoms with Crippen LogP contribution in [0.15, 0.2) is 30.3 Å². The van der Waals surface area contributed by atoms with Crippen LogP contribution >= 0.6 is 11.3 Å². The first-order chi connectivity index (χ1) is 8.87. The van der Waals surface area contributed by atoms with Crippen LogP contribution in [-0.4, -0.2) is 30.7 Å². The zero-order chi connectivity index (χ0) is 14.0. The Bertz CT molecular complexity index is 705. The third kappa shape index (κ3) is 3.39. The number of carboxylic acid groups (broad SMARTS) is 1. The molecule has 1 aromatic carbocycles. The van der Waals surface area contributed by atoms with Crippen LogP contribution in [0, 0.1) is 0 Å². The molecule has 0 fully saturated rings. The van der Waals surface area contributed by atoms with Gasteiger partial charge in [0.15, 0.2) is 9.84 Å². The smallest absolute Gasteiger partial charge is 0.348 e. The molecule has 0 aliphatic heterocycles. The van der Waals surface area contributed by atoms with E-state index in [9.17, 15) is 13.2 Å². The third-order valence-electron chi connectivity index (χ3n) is 2.30. The maximum absolute atomic E-state index is 11.2. The third-order valence-corrected chi connectivity index (χ3v) is 4.32. The number of sulfone groups is 1. The molecule has 1 N–H and O–H groups in total. The van der Waals surface area contributed by atoms with Crippen molar-refractivity contribution in [3.8, 4) is 11.3 Å². The summed E-state index contributed by atoms with van der Waals surface area (Å²) in [5.41, 5.74) is 0.979. The standard InChI is InChI=1S/C12H11NO4S2/c1-19(16,17)7-9-13-10(11(18-9)12(14)15)8-5-3-2-4-6-8/h2-6H,7H2,1H3,(H,14,15). The van der Waals surface area contributed by atoms with Gasteiger partial charge in [-0.05, 0) is 0 Å². The fourth-order valence-corrected chi connectivity index (χ4v) is 3.70. The minimum atomic E-state index is -3.23. The molecule has 0 unspecified atom stereocenters. The lowest BCUT2D eigenvalue weighted by Gasteiger charge is -1.97. The molecule has 19 heavy (non-hydrogen) atoms. The second kappa shape index (κ2) is 5.10. The van der Waals surface area contributed by atoms with E-state index in [1.54, 1.807) is 24.3 Å². The van der Waals surface area contributed by atoms with Crippen LogP contribution in [-0.2, 0) is 15.6 Å². The average molecular weight is 297 g/mol. The molecule has 0 radical (unpaired) electrons. The maximum Gasteiger partial charge on any atom is 0.348 e. The van der Waals surface area contributed by atoms with Gasteiger partial charge < -0.3 is 5.11 Å². The van der Waals surface area contributed by atoms with Crippen molar-refractivity contribution in [1.82, 2.24) is 4.98 Å². The molecule has 0 saturated heterocycles. The predicted molar refractivity (Wildman–Crippen MR) is 73.1 cm³/mol. The molecule has 0 aliphatic carbocycles. The molecule has 1 heterocycles. The summed E-state index contributed by atoms with van der Waals surface area (Å²) in [6.07, 6.45) is 1.09. The molecule has 0 aliphatic rings. The maximum atomic E-state index is 11.2. The number of carbonyl (C=O) groups is 1. The van der Waals surface area contributed by atoms with Crippen LogP contribution in [0.3, 0.4) is 0 Å². The Balaban J connectivity index is 2.51. The van der Waals surface area contributed by atoms with Gasteiger partial charge in [0.2, 0.25) is 0 Å². The van der Waals surface area contributed by atoms with Gasteiger partial charge in [-0.3, -0.25) is 0 Å². The second-order valence-electron chi connectivity index (χ2n) is 4.03. The predicted octanol–water partition coefficient (Wildman–Crippen LogP) is 2.05. The van der Waals surface area contributed by atoms with Gasteiger partial charge in [0, 0.05) is 11.8 Å². The van der Waals surface area contributed by atoms with Crippen LogP contribution < -0.4 is 0 Å². The van der Waals surface area contributed by atoms with Crippen molar-refractivity contribution in [2.75, 3.05) is 6.26 Å². The topological polar surface area (TPSA) is 84.3 Å². The summed E-state index contributed by atoms with van der Waals surface area (Å²) in [5.74, 6) is -1.35. The molecule has 0 spiro atoms. The molecule has 2 rings (SSSR count). The lowest BCUT2D eigenvalue weighted by Crippen LogP contribution is -1.99. The van der Waals surface area contributed by atoms with E-state index in [4.69, 9.17) is 5.11 Å². The number of hydrogen-bond donors (Lipinski definition) is 1. The molecular formula is C12H11NO4S2. The zero-order valence-electron chi connectivity index (χ0n) is 10.0. The van der Waals surface area contributed by atoms with Gasteiger partial charge in [-0.15, -0.1) is 11.3 Å². The highest BCUT2D eigenvalue weighted by Crippen LogP contribution is 2.29. The van der Waals surface area contributed by atoms with Crippen molar-refractivity contribution < 1.29 is 18.3 Å². The van der Waals surface area contributed by atoms with E-state index < -0.39 is 15.8 Å². The van der Waals surface area contributed by atoms with Gasteiger partial charge in [-0.25, -0.2) is 18.2 Å². The minimum Gasteiger partial charge on any atom is -0.477 e. The first kappa shape index (κ1) is 13.7. The fourth-order valence-electron chi connectivity index (χ4n) is 1.59. The minimum absolute atomic E-state index is 0.0600. The number of thiazole rings is 1. The molecule has 0 bridgehead atoms. The largest absolute Gasteiger partial charge is 0.477 e. The van der Waals surface area contributed by atoms with E-state index in [2.05, 4.69) is 4.98 Å². The van der Waals surface area contributed by atoms with Crippen molar-refractivity contribution in [2.24, 2.45) is 0 Å². The molecule has 0 amide bonds. The number of aromatic nitrogens is 1. The van der Waals surface area contributed by atoms with Crippen LogP contribution in [0.4, 0.5) is 0 Å². The lowest BCUT2D eigenvalue weighted by atomic mass is 10.1. The highest BCUT2D eigenvalue weighted by molar-refractivity contribution is 7.90. The zero-order valence-corrected chi connectivity index (χ0v) is 11.7. The lowest BCUT2D eigenvalue weighted by molar-refractivity contribution is 0.0702. The molecule has 1 aromatic heterocycles. The Morgan fingerprint density at radius 2 is 1.95 bits per heavy atom. The average Bonchev–Trinajstić information content (AvgIpc) is 2.72. The molecule has 2 aromatic rings. The van der Waals surface area contributed by atoms with E-state index in [1.165, 1.54) is 0 Å². The molecule has 0 saturated carbocycles. The van der Waals surface area contributed by atoms with Crippen molar-refractivity contribution >= 4 is 27.1 Å². The van der Waals surface area contributed by atoms with E-state index >= 15 is 0 Å². The normalized spacial score (nSPS) is 11.4. The summed E-state index contributed by atoms with van der Waals surface area (Å²) < 4.78 is 22.5. The van der Waals surface area contributed by atoms with E-state index in [0.29, 0.717) is 16.3 Å². The summed E-state index contributed by atoms with van der Waals surface area (Å²) in [4.78, 5) is 15.4. The van der Waals surface area contributed by atoms with Crippen LogP contribution in [0.5, 0.6) is 0 Å². The number of benzene rings is 1. The van der Waals surface area contributed by atoms with Gasteiger partial charge in [0.25, 0.3) is 0 Å². The van der Waals surface area contributed by atoms with Crippen LogP contribution in [0.25, 0.3) is 11.3 Å². The molecule has 7 heteroatoms. The number of aromatic carboxylic acids is 1. The molecule has 5 nitrogen and oxygen atoms in total.